The first kappa shape index (κ1) is 26.4. The van der Waals surface area contributed by atoms with Crippen LogP contribution in [0.5, 0.6) is 5.75 Å². The highest BCUT2D eigenvalue weighted by Gasteiger charge is 2.20. The molecule has 34 heavy (non-hydrogen) atoms. The summed E-state index contributed by atoms with van der Waals surface area (Å²) in [5.41, 5.74) is 0.793. The lowest BCUT2D eigenvalue weighted by molar-refractivity contribution is -0.150. The minimum absolute atomic E-state index is 0.0106. The summed E-state index contributed by atoms with van der Waals surface area (Å²) in [6, 6.07) is 8.67. The summed E-state index contributed by atoms with van der Waals surface area (Å²) in [4.78, 5) is 30.2. The highest BCUT2D eigenvalue weighted by molar-refractivity contribution is 9.10. The van der Waals surface area contributed by atoms with Gasteiger partial charge < -0.3 is 9.47 Å². The van der Waals surface area contributed by atoms with Crippen LogP contribution in [-0.4, -0.2) is 34.6 Å². The maximum atomic E-state index is 13.4. The normalized spacial score (nSPS) is 13.3. The molecule has 3 rings (SSSR count). The quantitative estimate of drug-likeness (QED) is 0.220. The number of hydrogen-bond acceptors (Lipinski definition) is 6. The lowest BCUT2D eigenvalue weighted by Crippen LogP contribution is -2.26. The highest BCUT2D eigenvalue weighted by Crippen LogP contribution is 2.33. The Morgan fingerprint density at radius 3 is 2.65 bits per heavy atom. The molecular formula is C24H24Br2ClN3O4. The first-order valence-corrected chi connectivity index (χ1v) is 12.7. The van der Waals surface area contributed by atoms with Crippen LogP contribution in [0, 0.1) is 0 Å². The van der Waals surface area contributed by atoms with E-state index in [0.717, 1.165) is 10.9 Å². The van der Waals surface area contributed by atoms with E-state index in [1.165, 1.54) is 10.9 Å². The zero-order valence-corrected chi connectivity index (χ0v) is 23.1. The van der Waals surface area contributed by atoms with Gasteiger partial charge in [-0.05, 0) is 66.5 Å². The Bertz CT molecular complexity index is 1310. The Balaban J connectivity index is 2.13. The van der Waals surface area contributed by atoms with E-state index in [9.17, 15) is 9.59 Å². The first-order chi connectivity index (χ1) is 16.2. The maximum Gasteiger partial charge on any atom is 0.347 e. The zero-order chi connectivity index (χ0) is 25.0. The third kappa shape index (κ3) is 5.87. The molecule has 0 aliphatic carbocycles. The second-order valence-electron chi connectivity index (χ2n) is 7.62. The van der Waals surface area contributed by atoms with Gasteiger partial charge in [0.15, 0.2) is 6.10 Å². The van der Waals surface area contributed by atoms with Crippen LogP contribution >= 0.6 is 43.5 Å². The number of carbonyl (C=O) groups is 1. The van der Waals surface area contributed by atoms with Gasteiger partial charge in [0.05, 0.1) is 28.2 Å². The molecule has 0 N–H and O–H groups in total. The summed E-state index contributed by atoms with van der Waals surface area (Å²) < 4.78 is 13.5. The second-order valence-corrected chi connectivity index (χ2v) is 9.83. The van der Waals surface area contributed by atoms with Crippen molar-refractivity contribution in [2.24, 2.45) is 5.10 Å². The summed E-state index contributed by atoms with van der Waals surface area (Å²) in [6.07, 6.45) is 1.39. The van der Waals surface area contributed by atoms with Crippen molar-refractivity contribution < 1.29 is 14.3 Å². The Morgan fingerprint density at radius 2 is 1.97 bits per heavy atom. The van der Waals surface area contributed by atoms with Crippen molar-refractivity contribution in [1.82, 2.24) is 9.66 Å². The molecule has 10 heteroatoms. The van der Waals surface area contributed by atoms with E-state index in [0.29, 0.717) is 37.5 Å². The molecule has 0 fully saturated rings. The number of nitrogens with zero attached hydrogens (tertiary/aromatic N) is 3. The van der Waals surface area contributed by atoms with Crippen LogP contribution < -0.4 is 10.3 Å². The van der Waals surface area contributed by atoms with Gasteiger partial charge in [-0.3, -0.25) is 4.79 Å². The molecule has 0 amide bonds. The molecule has 0 aliphatic rings. The van der Waals surface area contributed by atoms with Gasteiger partial charge in [0.1, 0.15) is 11.6 Å². The van der Waals surface area contributed by atoms with Gasteiger partial charge in [-0.15, -0.1) is 0 Å². The molecule has 0 spiro atoms. The summed E-state index contributed by atoms with van der Waals surface area (Å²) in [5, 5.41) is 5.35. The second kappa shape index (κ2) is 11.5. The summed E-state index contributed by atoms with van der Waals surface area (Å²) in [5.74, 6) is 0.390. The van der Waals surface area contributed by atoms with E-state index < -0.39 is 12.1 Å². The van der Waals surface area contributed by atoms with Crippen molar-refractivity contribution >= 4 is 66.5 Å². The van der Waals surface area contributed by atoms with Crippen molar-refractivity contribution in [2.75, 3.05) is 6.61 Å². The van der Waals surface area contributed by atoms with E-state index >= 15 is 0 Å². The summed E-state index contributed by atoms with van der Waals surface area (Å²) in [7, 11) is 0. The molecule has 0 radical (unpaired) electrons. The number of aromatic nitrogens is 2. The molecule has 3 aromatic rings. The highest BCUT2D eigenvalue weighted by atomic mass is 79.9. The van der Waals surface area contributed by atoms with Crippen molar-refractivity contribution in [3.8, 4) is 5.75 Å². The zero-order valence-electron chi connectivity index (χ0n) is 19.1. The molecule has 0 unspecified atom stereocenters. The fourth-order valence-electron chi connectivity index (χ4n) is 3.18. The van der Waals surface area contributed by atoms with Gasteiger partial charge in [0.25, 0.3) is 5.56 Å². The Morgan fingerprint density at radius 1 is 1.24 bits per heavy atom. The number of benzene rings is 2. The van der Waals surface area contributed by atoms with Crippen LogP contribution in [0.1, 0.15) is 51.4 Å². The summed E-state index contributed by atoms with van der Waals surface area (Å²) >= 11 is 13.1. The molecule has 2 aromatic carbocycles. The largest absolute Gasteiger partial charge is 0.477 e. The van der Waals surface area contributed by atoms with Crippen LogP contribution in [0.3, 0.4) is 0 Å². The topological polar surface area (TPSA) is 82.8 Å². The molecular weight excluding hydrogens is 590 g/mol. The van der Waals surface area contributed by atoms with Crippen LogP contribution in [0.2, 0.25) is 5.02 Å². The number of ether oxygens (including phenoxy) is 2. The number of hydrogen-bond donors (Lipinski definition) is 0. The molecule has 1 aromatic heterocycles. The number of rotatable bonds is 8. The third-order valence-electron chi connectivity index (χ3n) is 5.15. The van der Waals surface area contributed by atoms with Crippen molar-refractivity contribution in [2.45, 2.75) is 46.1 Å². The van der Waals surface area contributed by atoms with Gasteiger partial charge >= 0.3 is 5.97 Å². The van der Waals surface area contributed by atoms with Crippen LogP contribution in [-0.2, 0) is 9.53 Å². The Hall–Kier alpha value is -2.23. The van der Waals surface area contributed by atoms with E-state index in [1.54, 1.807) is 38.1 Å². The lowest BCUT2D eigenvalue weighted by atomic mass is 10.1. The lowest BCUT2D eigenvalue weighted by Gasteiger charge is -2.17. The predicted molar refractivity (Wildman–Crippen MR) is 141 cm³/mol. The molecule has 0 saturated carbocycles. The van der Waals surface area contributed by atoms with Crippen LogP contribution in [0.25, 0.3) is 10.9 Å². The number of fused-ring (bicyclic) bond motifs is 1. The van der Waals surface area contributed by atoms with Crippen molar-refractivity contribution in [1.29, 1.82) is 0 Å². The van der Waals surface area contributed by atoms with Gasteiger partial charge in [-0.25, -0.2) is 9.78 Å². The summed E-state index contributed by atoms with van der Waals surface area (Å²) in [6.45, 7) is 7.58. The van der Waals surface area contributed by atoms with Crippen molar-refractivity contribution in [3.63, 3.8) is 0 Å². The van der Waals surface area contributed by atoms with Crippen molar-refractivity contribution in [3.05, 3.63) is 66.0 Å². The predicted octanol–water partition coefficient (Wildman–Crippen LogP) is 6.30. The molecule has 180 valence electrons. The SMILES string of the molecule is CCOC(=O)[C@H](C)Oc1c(Br)cc(Cl)cc1C=Nn1c([C@@H](C)CC)nc2ccc(Br)cc2c1=O. The number of esters is 1. The first-order valence-electron chi connectivity index (χ1n) is 10.7. The van der Waals surface area contributed by atoms with Gasteiger partial charge in [-0.2, -0.15) is 9.78 Å². The average molecular weight is 614 g/mol. The van der Waals surface area contributed by atoms with Gasteiger partial charge in [-0.1, -0.05) is 41.4 Å². The molecule has 0 bridgehead atoms. The minimum atomic E-state index is -0.859. The monoisotopic (exact) mass is 611 g/mol. The fourth-order valence-corrected chi connectivity index (χ4v) is 4.47. The van der Waals surface area contributed by atoms with E-state index in [4.69, 9.17) is 26.1 Å². The average Bonchev–Trinajstić information content (AvgIpc) is 2.80. The number of halogens is 3. The molecule has 1 heterocycles. The van der Waals surface area contributed by atoms with E-state index in [-0.39, 0.29) is 18.1 Å². The minimum Gasteiger partial charge on any atom is -0.477 e. The fraction of sp³-hybridized carbons (Fsp3) is 0.333. The standard InChI is InChI=1S/C24H24Br2ClN3O4/c1-5-13(3)22-29-20-8-7-16(25)10-18(20)23(31)30(22)28-12-15-9-17(27)11-19(26)21(15)34-14(4)24(32)33-6-2/h7-14H,5-6H2,1-4H3/t13-,14-/m0/s1. The Kier molecular flexibility index (Phi) is 8.89. The maximum absolute atomic E-state index is 13.4. The third-order valence-corrected chi connectivity index (χ3v) is 6.45. The number of carbonyl (C=O) groups excluding carboxylic acids is 1. The molecule has 7 nitrogen and oxygen atoms in total. The smallest absolute Gasteiger partial charge is 0.347 e. The molecule has 2 atom stereocenters. The van der Waals surface area contributed by atoms with Crippen LogP contribution in [0.15, 0.2) is 49.2 Å². The van der Waals surface area contributed by atoms with Gasteiger partial charge in [0.2, 0.25) is 0 Å². The van der Waals surface area contributed by atoms with E-state index in [1.807, 2.05) is 19.9 Å². The van der Waals surface area contributed by atoms with Crippen LogP contribution in [0.4, 0.5) is 0 Å². The van der Waals surface area contributed by atoms with E-state index in [2.05, 4.69) is 37.0 Å². The van der Waals surface area contributed by atoms with Gasteiger partial charge in [0, 0.05) is 21.0 Å². The molecule has 0 aliphatic heterocycles. The molecule has 0 saturated heterocycles. The Labute approximate surface area is 219 Å².